The van der Waals surface area contributed by atoms with Crippen LogP contribution in [0.5, 0.6) is 0 Å². The third-order valence-corrected chi connectivity index (χ3v) is 4.63. The zero-order chi connectivity index (χ0) is 17.8. The Morgan fingerprint density at radius 2 is 1.92 bits per heavy atom. The second-order valence-corrected chi connectivity index (χ2v) is 6.48. The molecule has 0 atom stereocenters. The molecule has 25 heavy (non-hydrogen) atoms. The molecule has 2 aromatic rings. The van der Waals surface area contributed by atoms with Gasteiger partial charge < -0.3 is 4.90 Å². The number of hydrogen-bond donors (Lipinski definition) is 0. The molecule has 1 aliphatic heterocycles. The van der Waals surface area contributed by atoms with E-state index in [1.54, 1.807) is 24.3 Å². The summed E-state index contributed by atoms with van der Waals surface area (Å²) >= 11 is 0. The Balaban J connectivity index is 1.52. The summed E-state index contributed by atoms with van der Waals surface area (Å²) in [4.78, 5) is 16.8. The summed E-state index contributed by atoms with van der Waals surface area (Å²) < 4.78 is 2.04. The van der Waals surface area contributed by atoms with Gasteiger partial charge in [-0.25, -0.2) is 0 Å². The van der Waals surface area contributed by atoms with E-state index in [0.717, 1.165) is 31.9 Å². The van der Waals surface area contributed by atoms with Crippen molar-refractivity contribution in [2.75, 3.05) is 32.7 Å². The lowest BCUT2D eigenvalue weighted by molar-refractivity contribution is 0.0631. The molecule has 130 valence electrons. The Kier molecular flexibility index (Phi) is 5.15. The van der Waals surface area contributed by atoms with Crippen molar-refractivity contribution < 1.29 is 4.79 Å². The zero-order valence-corrected chi connectivity index (χ0v) is 14.8. The van der Waals surface area contributed by atoms with Gasteiger partial charge in [0.05, 0.1) is 23.9 Å². The van der Waals surface area contributed by atoms with E-state index in [2.05, 4.69) is 29.1 Å². The maximum atomic E-state index is 12.6. The van der Waals surface area contributed by atoms with E-state index in [0.29, 0.717) is 24.2 Å². The van der Waals surface area contributed by atoms with E-state index >= 15 is 0 Å². The molecule has 0 radical (unpaired) electrons. The van der Waals surface area contributed by atoms with E-state index < -0.39 is 0 Å². The van der Waals surface area contributed by atoms with Crippen molar-refractivity contribution in [2.24, 2.45) is 0 Å². The number of piperazine rings is 1. The van der Waals surface area contributed by atoms with E-state index in [9.17, 15) is 4.79 Å². The Hall–Kier alpha value is -2.65. The highest BCUT2D eigenvalue weighted by atomic mass is 16.2. The molecule has 6 heteroatoms. The van der Waals surface area contributed by atoms with Gasteiger partial charge in [0.25, 0.3) is 5.91 Å². The highest BCUT2D eigenvalue weighted by Gasteiger charge is 2.22. The van der Waals surface area contributed by atoms with Gasteiger partial charge in [-0.2, -0.15) is 10.4 Å². The van der Waals surface area contributed by atoms with Crippen LogP contribution in [-0.2, 0) is 6.54 Å². The van der Waals surface area contributed by atoms with Crippen molar-refractivity contribution in [3.63, 3.8) is 0 Å². The van der Waals surface area contributed by atoms with Gasteiger partial charge in [0.15, 0.2) is 0 Å². The molecular weight excluding hydrogens is 314 g/mol. The molecule has 1 fully saturated rings. The lowest BCUT2D eigenvalue weighted by Crippen LogP contribution is -2.49. The third-order valence-electron chi connectivity index (χ3n) is 4.63. The van der Waals surface area contributed by atoms with E-state index in [4.69, 9.17) is 5.26 Å². The van der Waals surface area contributed by atoms with Gasteiger partial charge in [0, 0.05) is 44.0 Å². The second kappa shape index (κ2) is 7.49. The molecule has 1 aromatic heterocycles. The van der Waals surface area contributed by atoms with E-state index in [1.165, 1.54) is 5.69 Å². The standard InChI is InChI=1S/C19H23N5O/c1-15-12-16(2)24(21-15)11-8-22-6-9-23(10-7-22)19(25)18-5-3-4-17(13-18)14-20/h3-5,12-13H,6-11H2,1-2H3. The van der Waals surface area contributed by atoms with Crippen LogP contribution in [0.25, 0.3) is 0 Å². The molecule has 3 rings (SSSR count). The minimum atomic E-state index is 0.00953. The van der Waals surface area contributed by atoms with Crippen molar-refractivity contribution in [1.29, 1.82) is 5.26 Å². The average Bonchev–Trinajstić information content (AvgIpc) is 2.97. The molecule has 0 N–H and O–H groups in total. The number of rotatable bonds is 4. The molecule has 2 heterocycles. The summed E-state index contributed by atoms with van der Waals surface area (Å²) in [6, 6.07) is 11.1. The lowest BCUT2D eigenvalue weighted by Gasteiger charge is -2.34. The quantitative estimate of drug-likeness (QED) is 0.854. The van der Waals surface area contributed by atoms with Crippen LogP contribution in [0.4, 0.5) is 0 Å². The minimum Gasteiger partial charge on any atom is -0.336 e. The molecule has 6 nitrogen and oxygen atoms in total. The van der Waals surface area contributed by atoms with Crippen molar-refractivity contribution in [3.8, 4) is 6.07 Å². The monoisotopic (exact) mass is 337 g/mol. The Bertz CT molecular complexity index is 796. The summed E-state index contributed by atoms with van der Waals surface area (Å²) in [5.41, 5.74) is 3.35. The van der Waals surface area contributed by atoms with Crippen molar-refractivity contribution >= 4 is 5.91 Å². The highest BCUT2D eigenvalue weighted by molar-refractivity contribution is 5.94. The molecule has 0 spiro atoms. The van der Waals surface area contributed by atoms with Gasteiger partial charge in [-0.3, -0.25) is 14.4 Å². The Labute approximate surface area is 148 Å². The number of nitriles is 1. The SMILES string of the molecule is Cc1cc(C)n(CCN2CCN(C(=O)c3cccc(C#N)c3)CC2)n1. The Morgan fingerprint density at radius 3 is 2.56 bits per heavy atom. The highest BCUT2D eigenvalue weighted by Crippen LogP contribution is 2.11. The first-order chi connectivity index (χ1) is 12.1. The molecule has 0 unspecified atom stereocenters. The smallest absolute Gasteiger partial charge is 0.253 e. The van der Waals surface area contributed by atoms with Gasteiger partial charge in [0.2, 0.25) is 0 Å². The number of amides is 1. The summed E-state index contributed by atoms with van der Waals surface area (Å²) in [5.74, 6) is 0.00953. The molecule has 0 aliphatic carbocycles. The van der Waals surface area contributed by atoms with Crippen LogP contribution in [0.3, 0.4) is 0 Å². The first-order valence-corrected chi connectivity index (χ1v) is 8.59. The number of carbonyl (C=O) groups excluding carboxylic acids is 1. The van der Waals surface area contributed by atoms with Crippen LogP contribution in [0.2, 0.25) is 0 Å². The molecule has 1 saturated heterocycles. The van der Waals surface area contributed by atoms with Crippen molar-refractivity contribution in [3.05, 3.63) is 52.8 Å². The average molecular weight is 337 g/mol. The molecule has 1 amide bonds. The van der Waals surface area contributed by atoms with E-state index in [-0.39, 0.29) is 5.91 Å². The number of aryl methyl sites for hydroxylation is 2. The summed E-state index contributed by atoms with van der Waals surface area (Å²) in [6.07, 6.45) is 0. The largest absolute Gasteiger partial charge is 0.336 e. The maximum absolute atomic E-state index is 12.6. The molecule has 0 saturated carbocycles. The van der Waals surface area contributed by atoms with Crippen LogP contribution >= 0.6 is 0 Å². The first kappa shape index (κ1) is 17.2. The van der Waals surface area contributed by atoms with Gasteiger partial charge >= 0.3 is 0 Å². The fourth-order valence-electron chi connectivity index (χ4n) is 3.22. The summed E-state index contributed by atoms with van der Waals surface area (Å²) in [5, 5.41) is 13.5. The Morgan fingerprint density at radius 1 is 1.16 bits per heavy atom. The lowest BCUT2D eigenvalue weighted by atomic mass is 10.1. The predicted molar refractivity (Wildman–Crippen MR) is 95.2 cm³/mol. The molecular formula is C19H23N5O. The molecule has 0 bridgehead atoms. The van der Waals surface area contributed by atoms with Gasteiger partial charge in [-0.1, -0.05) is 6.07 Å². The first-order valence-electron chi connectivity index (χ1n) is 8.59. The van der Waals surface area contributed by atoms with Crippen LogP contribution in [0, 0.1) is 25.2 Å². The summed E-state index contributed by atoms with van der Waals surface area (Å²) in [6.45, 7) is 9.05. The van der Waals surface area contributed by atoms with Crippen LogP contribution in [-0.4, -0.2) is 58.2 Å². The fourth-order valence-corrected chi connectivity index (χ4v) is 3.22. The minimum absolute atomic E-state index is 0.00953. The van der Waals surface area contributed by atoms with Gasteiger partial charge in [-0.05, 0) is 38.1 Å². The number of hydrogen-bond acceptors (Lipinski definition) is 4. The fraction of sp³-hybridized carbons (Fsp3) is 0.421. The van der Waals surface area contributed by atoms with Gasteiger partial charge in [-0.15, -0.1) is 0 Å². The third kappa shape index (κ3) is 4.06. The van der Waals surface area contributed by atoms with Crippen LogP contribution < -0.4 is 0 Å². The molecule has 1 aromatic carbocycles. The number of nitrogens with zero attached hydrogens (tertiary/aromatic N) is 5. The number of benzene rings is 1. The van der Waals surface area contributed by atoms with Gasteiger partial charge in [0.1, 0.15) is 0 Å². The topological polar surface area (TPSA) is 65.2 Å². The number of carbonyl (C=O) groups is 1. The maximum Gasteiger partial charge on any atom is 0.253 e. The van der Waals surface area contributed by atoms with Crippen LogP contribution in [0.15, 0.2) is 30.3 Å². The van der Waals surface area contributed by atoms with Crippen molar-refractivity contribution in [2.45, 2.75) is 20.4 Å². The van der Waals surface area contributed by atoms with Crippen LogP contribution in [0.1, 0.15) is 27.3 Å². The molecule has 1 aliphatic rings. The second-order valence-electron chi connectivity index (χ2n) is 6.48. The summed E-state index contributed by atoms with van der Waals surface area (Å²) in [7, 11) is 0. The predicted octanol–water partition coefficient (Wildman–Crippen LogP) is 1.83. The zero-order valence-electron chi connectivity index (χ0n) is 14.8. The number of aromatic nitrogens is 2. The normalized spacial score (nSPS) is 15.2. The van der Waals surface area contributed by atoms with Crippen molar-refractivity contribution in [1.82, 2.24) is 19.6 Å². The van der Waals surface area contributed by atoms with E-state index in [1.807, 2.05) is 16.5 Å².